The van der Waals surface area contributed by atoms with Crippen LogP contribution >= 0.6 is 0 Å². The number of amides is 2. The fraction of sp³-hybridized carbons (Fsp3) is 0.415. The number of benzene rings is 2. The maximum atomic E-state index is 13.8. The summed E-state index contributed by atoms with van der Waals surface area (Å²) in [5.41, 5.74) is 10.3. The molecule has 4 aromatic rings. The first kappa shape index (κ1) is 38.9. The molecule has 0 fully saturated rings. The Morgan fingerprint density at radius 1 is 1.07 bits per heavy atom. The average Bonchev–Trinajstić information content (AvgIpc) is 3.56. The van der Waals surface area contributed by atoms with Crippen molar-refractivity contribution in [1.29, 1.82) is 5.26 Å². The van der Waals surface area contributed by atoms with Gasteiger partial charge in [-0.25, -0.2) is 19.5 Å². The highest BCUT2D eigenvalue weighted by Crippen LogP contribution is 2.39. The van der Waals surface area contributed by atoms with Crippen LogP contribution in [0.2, 0.25) is 0 Å². The molecule has 0 aliphatic carbocycles. The van der Waals surface area contributed by atoms with E-state index in [0.29, 0.717) is 66.4 Å². The number of nitrogens with zero attached hydrogens (tertiary/aromatic N) is 5. The Hall–Kier alpha value is -5.78. The number of fused-ring (bicyclic) bond motifs is 5. The minimum Gasteiger partial charge on any atom is -0.473 e. The normalized spacial score (nSPS) is 14.6. The van der Waals surface area contributed by atoms with Crippen LogP contribution in [0.5, 0.6) is 5.75 Å². The number of aliphatic hydroxyl groups is 1. The summed E-state index contributed by atoms with van der Waals surface area (Å²) in [6, 6.07) is 15.8. The molecular weight excluding hydrogens is 704 g/mol. The molecule has 288 valence electrons. The molecule has 2 atom stereocenters. The molecule has 0 radical (unpaired) electrons. The molecule has 14 heteroatoms. The van der Waals surface area contributed by atoms with Crippen LogP contribution < -0.4 is 20.9 Å². The van der Waals surface area contributed by atoms with E-state index in [0.717, 1.165) is 35.8 Å². The number of hydrogen-bond acceptors (Lipinski definition) is 11. The van der Waals surface area contributed by atoms with Crippen LogP contribution in [0.25, 0.3) is 22.3 Å². The van der Waals surface area contributed by atoms with Crippen molar-refractivity contribution in [1.82, 2.24) is 14.5 Å². The van der Waals surface area contributed by atoms with E-state index in [9.17, 15) is 29.5 Å². The zero-order chi connectivity index (χ0) is 39.2. The van der Waals surface area contributed by atoms with Gasteiger partial charge in [-0.3, -0.25) is 9.59 Å². The zero-order valence-corrected chi connectivity index (χ0v) is 31.4. The van der Waals surface area contributed by atoms with E-state index in [1.54, 1.807) is 51.9 Å². The quantitative estimate of drug-likeness (QED) is 0.0798. The highest BCUT2D eigenvalue weighted by molar-refractivity contribution is 5.95. The second kappa shape index (κ2) is 17.1. The summed E-state index contributed by atoms with van der Waals surface area (Å²) in [4.78, 5) is 60.4. The predicted octanol–water partition coefficient (Wildman–Crippen LogP) is 5.34. The summed E-state index contributed by atoms with van der Waals surface area (Å²) in [5, 5.41) is 20.8. The number of anilines is 1. The van der Waals surface area contributed by atoms with Gasteiger partial charge in [0.15, 0.2) is 12.8 Å². The fourth-order valence-corrected chi connectivity index (χ4v) is 7.23. The third kappa shape index (κ3) is 7.90. The summed E-state index contributed by atoms with van der Waals surface area (Å²) in [6.45, 7) is 7.35. The van der Waals surface area contributed by atoms with Gasteiger partial charge < -0.3 is 34.5 Å². The number of pyridine rings is 2. The van der Waals surface area contributed by atoms with Crippen LogP contribution in [0.4, 0.5) is 10.5 Å². The number of carbonyl (C=O) groups excluding carboxylic acids is 3. The zero-order valence-electron chi connectivity index (χ0n) is 31.4. The monoisotopic (exact) mass is 750 g/mol. The Bertz CT molecular complexity index is 2190. The summed E-state index contributed by atoms with van der Waals surface area (Å²) in [6.07, 6.45) is 0.744. The molecule has 4 heterocycles. The van der Waals surface area contributed by atoms with E-state index in [4.69, 9.17) is 24.9 Å². The van der Waals surface area contributed by atoms with Crippen LogP contribution in [0, 0.1) is 11.3 Å². The molecule has 0 saturated heterocycles. The third-order valence-electron chi connectivity index (χ3n) is 10.3. The molecule has 55 heavy (non-hydrogen) atoms. The van der Waals surface area contributed by atoms with Crippen molar-refractivity contribution in [2.45, 2.75) is 84.7 Å². The van der Waals surface area contributed by atoms with Crippen LogP contribution in [0.15, 0.2) is 53.3 Å². The second-order valence-electron chi connectivity index (χ2n) is 13.5. The number of cyclic esters (lactones) is 1. The largest absolute Gasteiger partial charge is 0.473 e. The highest BCUT2D eigenvalue weighted by atomic mass is 16.6. The van der Waals surface area contributed by atoms with E-state index in [2.05, 4.69) is 6.07 Å². The maximum Gasteiger partial charge on any atom is 0.417 e. The van der Waals surface area contributed by atoms with Crippen LogP contribution in [0.1, 0.15) is 91.6 Å². The number of rotatable bonds is 15. The van der Waals surface area contributed by atoms with Crippen molar-refractivity contribution >= 4 is 34.6 Å². The van der Waals surface area contributed by atoms with Crippen LogP contribution in [-0.2, 0) is 33.8 Å². The Morgan fingerprint density at radius 2 is 1.84 bits per heavy atom. The number of nitrogens with two attached hydrogens (primary N) is 1. The Balaban J connectivity index is 1.29. The number of carbonyl (C=O) groups is 3. The average molecular weight is 751 g/mol. The topological polar surface area (TPSA) is 190 Å². The van der Waals surface area contributed by atoms with Gasteiger partial charge in [0.1, 0.15) is 18.5 Å². The SMILES string of the molecule is CCc1c2c(nc3ccc(OCN(C(=O)OC(CC#N)CCCCCN)c4ccc(C(=O)N(CC)CC)cc4)cc13)-c1cc3c(c(=O)n1C2)COC(=O)C3O. The number of ether oxygens (including phenoxy) is 3. The lowest BCUT2D eigenvalue weighted by Gasteiger charge is -2.25. The Labute approximate surface area is 319 Å². The number of aromatic nitrogens is 2. The van der Waals surface area contributed by atoms with Crippen LogP contribution in [0.3, 0.4) is 0 Å². The number of aliphatic hydroxyl groups excluding tert-OH is 1. The summed E-state index contributed by atoms with van der Waals surface area (Å²) in [7, 11) is 0. The van der Waals surface area contributed by atoms with Gasteiger partial charge in [-0.2, -0.15) is 5.26 Å². The predicted molar refractivity (Wildman–Crippen MR) is 204 cm³/mol. The van der Waals surface area contributed by atoms with Crippen molar-refractivity contribution in [2.75, 3.05) is 31.3 Å². The molecule has 2 aromatic heterocycles. The molecule has 2 aliphatic rings. The lowest BCUT2D eigenvalue weighted by Crippen LogP contribution is -2.37. The molecule has 3 N–H and O–H groups in total. The van der Waals surface area contributed by atoms with Gasteiger partial charge in [0.05, 0.1) is 47.2 Å². The fourth-order valence-electron chi connectivity index (χ4n) is 7.23. The standard InChI is InChI=1S/C41H46N6O8/c1-4-29-30-20-28(15-16-34(30)44-36-32(29)22-46-35(36)21-31-33(39(46)50)23-53-40(51)37(31)48)54-24-47(41(52)55-27(17-19-43)10-8-7-9-18-42)26-13-11-25(12-14-26)38(49)45(5-2)6-3/h11-16,20-21,27,37,48H,4-10,17-18,22-24,42H2,1-3H3. The molecule has 2 aliphatic heterocycles. The van der Waals surface area contributed by atoms with Gasteiger partial charge >= 0.3 is 12.1 Å². The van der Waals surface area contributed by atoms with Gasteiger partial charge in [-0.15, -0.1) is 0 Å². The van der Waals surface area contributed by atoms with Crippen LogP contribution in [-0.4, -0.2) is 70.0 Å². The molecule has 2 unspecified atom stereocenters. The smallest absolute Gasteiger partial charge is 0.417 e. The summed E-state index contributed by atoms with van der Waals surface area (Å²) >= 11 is 0. The van der Waals surface area contributed by atoms with Crippen molar-refractivity contribution in [2.24, 2.45) is 5.73 Å². The number of nitriles is 1. The molecule has 0 bridgehead atoms. The first-order valence-electron chi connectivity index (χ1n) is 18.8. The van der Waals surface area contributed by atoms with Crippen molar-refractivity contribution in [3.63, 3.8) is 0 Å². The van der Waals surface area contributed by atoms with Crippen molar-refractivity contribution in [3.8, 4) is 23.2 Å². The molecule has 6 rings (SSSR count). The van der Waals surface area contributed by atoms with Crippen molar-refractivity contribution < 1.29 is 33.7 Å². The van der Waals surface area contributed by atoms with Crippen molar-refractivity contribution in [3.05, 3.63) is 86.7 Å². The first-order chi connectivity index (χ1) is 26.6. The minimum atomic E-state index is -1.54. The van der Waals surface area contributed by atoms with Gasteiger partial charge in [0.2, 0.25) is 0 Å². The van der Waals surface area contributed by atoms with E-state index in [1.807, 2.05) is 26.8 Å². The molecule has 2 aromatic carbocycles. The Morgan fingerprint density at radius 3 is 2.53 bits per heavy atom. The highest BCUT2D eigenvalue weighted by Gasteiger charge is 2.34. The summed E-state index contributed by atoms with van der Waals surface area (Å²) < 4.78 is 18.8. The molecule has 0 spiro atoms. The van der Waals surface area contributed by atoms with E-state index < -0.39 is 24.3 Å². The summed E-state index contributed by atoms with van der Waals surface area (Å²) in [5.74, 6) is -0.462. The molecule has 14 nitrogen and oxygen atoms in total. The van der Waals surface area contributed by atoms with Gasteiger partial charge in [-0.05, 0) is 100 Å². The molecule has 0 saturated carbocycles. The number of unbranched alkanes of at least 4 members (excludes halogenated alkanes) is 2. The first-order valence-corrected chi connectivity index (χ1v) is 18.8. The number of hydrogen-bond donors (Lipinski definition) is 2. The molecular formula is C41H46N6O8. The lowest BCUT2D eigenvalue weighted by atomic mass is 9.97. The Kier molecular flexibility index (Phi) is 12.1. The van der Waals surface area contributed by atoms with E-state index in [-0.39, 0.29) is 48.9 Å². The number of esters is 1. The molecule has 2 amide bonds. The van der Waals surface area contributed by atoms with Gasteiger partial charge in [-0.1, -0.05) is 13.3 Å². The second-order valence-corrected chi connectivity index (χ2v) is 13.5. The third-order valence-corrected chi connectivity index (χ3v) is 10.3. The van der Waals surface area contributed by atoms with E-state index in [1.165, 1.54) is 4.90 Å². The number of aryl methyl sites for hydroxylation is 1. The van der Waals surface area contributed by atoms with Gasteiger partial charge in [0, 0.05) is 35.2 Å². The maximum absolute atomic E-state index is 13.8. The lowest BCUT2D eigenvalue weighted by molar-refractivity contribution is -0.157. The van der Waals surface area contributed by atoms with E-state index >= 15 is 0 Å². The minimum absolute atomic E-state index is 0.0350. The van der Waals surface area contributed by atoms with Gasteiger partial charge in [0.25, 0.3) is 11.5 Å².